The molecule has 0 radical (unpaired) electrons. The Balaban J connectivity index is 0.00000171. The number of unbranched alkanes of at least 4 members (excludes halogenated alkanes) is 3. The zero-order valence-corrected chi connectivity index (χ0v) is 20.4. The molecule has 3 saturated heterocycles. The first-order valence-corrected chi connectivity index (χ1v) is 11.8. The highest BCUT2D eigenvalue weighted by Crippen LogP contribution is 2.27. The van der Waals surface area contributed by atoms with Gasteiger partial charge in [0.1, 0.15) is 11.6 Å². The van der Waals surface area contributed by atoms with Crippen LogP contribution in [0.3, 0.4) is 0 Å². The molecule has 31 heavy (non-hydrogen) atoms. The first kappa shape index (κ1) is 26.2. The SMILES string of the molecule is Cl.Cl.OCCCCCCN1CCN(c2cc(N3CCCC3)nc(N3CCCC3)n2)CC1. The molecular formula is C22H40Cl2N6O. The third kappa shape index (κ3) is 7.24. The van der Waals surface area contributed by atoms with Crippen LogP contribution >= 0.6 is 24.8 Å². The van der Waals surface area contributed by atoms with Crippen molar-refractivity contribution in [3.05, 3.63) is 6.07 Å². The molecule has 1 aromatic heterocycles. The molecule has 1 aromatic rings. The van der Waals surface area contributed by atoms with Crippen molar-refractivity contribution in [2.45, 2.75) is 51.4 Å². The lowest BCUT2D eigenvalue weighted by molar-refractivity contribution is 0.247. The number of aromatic nitrogens is 2. The Kier molecular flexibility index (Phi) is 11.4. The van der Waals surface area contributed by atoms with Gasteiger partial charge in [-0.15, -0.1) is 24.8 Å². The van der Waals surface area contributed by atoms with Crippen LogP contribution in [0.15, 0.2) is 6.07 Å². The predicted molar refractivity (Wildman–Crippen MR) is 134 cm³/mol. The number of hydrogen-bond acceptors (Lipinski definition) is 7. The average molecular weight is 476 g/mol. The average Bonchev–Trinajstić information content (AvgIpc) is 3.48. The van der Waals surface area contributed by atoms with E-state index in [1.807, 2.05) is 0 Å². The van der Waals surface area contributed by atoms with Gasteiger partial charge in [0, 0.05) is 65.0 Å². The molecule has 9 heteroatoms. The first-order chi connectivity index (χ1) is 14.3. The van der Waals surface area contributed by atoms with Crippen LogP contribution in [0.2, 0.25) is 0 Å². The first-order valence-electron chi connectivity index (χ1n) is 11.8. The maximum Gasteiger partial charge on any atom is 0.229 e. The minimum atomic E-state index is 0. The molecule has 4 heterocycles. The van der Waals surface area contributed by atoms with Crippen LogP contribution < -0.4 is 14.7 Å². The molecule has 0 amide bonds. The molecule has 178 valence electrons. The van der Waals surface area contributed by atoms with Gasteiger partial charge in [0.05, 0.1) is 0 Å². The minimum Gasteiger partial charge on any atom is -0.396 e. The van der Waals surface area contributed by atoms with Crippen molar-refractivity contribution < 1.29 is 5.11 Å². The van der Waals surface area contributed by atoms with Crippen LogP contribution in [0.25, 0.3) is 0 Å². The third-order valence-corrected chi connectivity index (χ3v) is 6.59. The quantitative estimate of drug-likeness (QED) is 0.551. The van der Waals surface area contributed by atoms with E-state index in [4.69, 9.17) is 15.1 Å². The number of nitrogens with zero attached hydrogens (tertiary/aromatic N) is 6. The second-order valence-electron chi connectivity index (χ2n) is 8.74. The van der Waals surface area contributed by atoms with Crippen molar-refractivity contribution in [2.24, 2.45) is 0 Å². The smallest absolute Gasteiger partial charge is 0.229 e. The largest absolute Gasteiger partial charge is 0.396 e. The zero-order chi connectivity index (χ0) is 19.9. The summed E-state index contributed by atoms with van der Waals surface area (Å²) in [5, 5.41) is 8.90. The molecule has 3 aliphatic heterocycles. The number of hydrogen-bond donors (Lipinski definition) is 1. The fourth-order valence-corrected chi connectivity index (χ4v) is 4.74. The summed E-state index contributed by atoms with van der Waals surface area (Å²) in [6.07, 6.45) is 9.62. The van der Waals surface area contributed by atoms with Crippen LogP contribution in [-0.4, -0.2) is 85.5 Å². The maximum absolute atomic E-state index is 8.90. The highest BCUT2D eigenvalue weighted by Gasteiger charge is 2.24. The Morgan fingerprint density at radius 3 is 1.74 bits per heavy atom. The highest BCUT2D eigenvalue weighted by atomic mass is 35.5. The molecule has 0 saturated carbocycles. The minimum absolute atomic E-state index is 0. The van der Waals surface area contributed by atoms with Crippen LogP contribution in [-0.2, 0) is 0 Å². The number of aliphatic hydroxyl groups is 1. The molecular weight excluding hydrogens is 435 g/mol. The van der Waals surface area contributed by atoms with E-state index in [9.17, 15) is 0 Å². The third-order valence-electron chi connectivity index (χ3n) is 6.59. The molecule has 0 atom stereocenters. The summed E-state index contributed by atoms with van der Waals surface area (Å²) in [5.41, 5.74) is 0. The van der Waals surface area contributed by atoms with Gasteiger partial charge >= 0.3 is 0 Å². The standard InChI is InChI=1S/C22H38N6O.2ClH/c29-18-8-2-1-3-9-25-14-16-27(17-15-25)21-19-20(26-10-4-5-11-26)23-22(24-21)28-12-6-7-13-28;;/h19,29H,1-18H2;2*1H. The van der Waals surface area contributed by atoms with E-state index < -0.39 is 0 Å². The monoisotopic (exact) mass is 474 g/mol. The van der Waals surface area contributed by atoms with Crippen molar-refractivity contribution in [1.82, 2.24) is 14.9 Å². The summed E-state index contributed by atoms with van der Waals surface area (Å²) in [5.74, 6) is 3.18. The lowest BCUT2D eigenvalue weighted by Gasteiger charge is -2.36. The van der Waals surface area contributed by atoms with Gasteiger partial charge in [0.15, 0.2) is 0 Å². The van der Waals surface area contributed by atoms with E-state index in [0.717, 1.165) is 82.8 Å². The Hall–Kier alpha value is -1.02. The predicted octanol–water partition coefficient (Wildman–Crippen LogP) is 3.20. The molecule has 0 spiro atoms. The van der Waals surface area contributed by atoms with Crippen LogP contribution in [0.5, 0.6) is 0 Å². The number of anilines is 3. The summed E-state index contributed by atoms with van der Waals surface area (Å²) in [6, 6.07) is 2.23. The summed E-state index contributed by atoms with van der Waals surface area (Å²) in [6.45, 7) is 10.3. The topological polar surface area (TPSA) is 59.0 Å². The molecule has 0 bridgehead atoms. The van der Waals surface area contributed by atoms with Crippen LogP contribution in [0.4, 0.5) is 17.6 Å². The molecule has 3 aliphatic rings. The van der Waals surface area contributed by atoms with Crippen molar-refractivity contribution in [3.63, 3.8) is 0 Å². The van der Waals surface area contributed by atoms with Gasteiger partial charge in [0.25, 0.3) is 0 Å². The molecule has 7 nitrogen and oxygen atoms in total. The number of rotatable bonds is 9. The van der Waals surface area contributed by atoms with Crippen LogP contribution in [0.1, 0.15) is 51.4 Å². The van der Waals surface area contributed by atoms with E-state index in [0.29, 0.717) is 6.61 Å². The van der Waals surface area contributed by atoms with Gasteiger partial charge in [-0.3, -0.25) is 4.90 Å². The number of piperazine rings is 1. The van der Waals surface area contributed by atoms with Crippen molar-refractivity contribution >= 4 is 42.4 Å². The molecule has 4 rings (SSSR count). The Morgan fingerprint density at radius 2 is 1.16 bits per heavy atom. The van der Waals surface area contributed by atoms with Gasteiger partial charge in [-0.2, -0.15) is 9.97 Å². The number of halogens is 2. The van der Waals surface area contributed by atoms with Crippen molar-refractivity contribution in [3.8, 4) is 0 Å². The molecule has 1 N–H and O–H groups in total. The molecule has 0 aromatic carbocycles. The van der Waals surface area contributed by atoms with Crippen LogP contribution in [0, 0.1) is 0 Å². The van der Waals surface area contributed by atoms with Crippen molar-refractivity contribution in [2.75, 3.05) is 80.2 Å². The van der Waals surface area contributed by atoms with E-state index in [-0.39, 0.29) is 24.8 Å². The second-order valence-corrected chi connectivity index (χ2v) is 8.74. The lowest BCUT2D eigenvalue weighted by atomic mass is 10.2. The van der Waals surface area contributed by atoms with E-state index >= 15 is 0 Å². The van der Waals surface area contributed by atoms with Gasteiger partial charge < -0.3 is 19.8 Å². The molecule has 0 aliphatic carbocycles. The maximum atomic E-state index is 8.90. The number of aliphatic hydroxyl groups excluding tert-OH is 1. The lowest BCUT2D eigenvalue weighted by Crippen LogP contribution is -2.47. The van der Waals surface area contributed by atoms with Gasteiger partial charge in [0.2, 0.25) is 5.95 Å². The zero-order valence-electron chi connectivity index (χ0n) is 18.8. The molecule has 3 fully saturated rings. The Morgan fingerprint density at radius 1 is 0.645 bits per heavy atom. The summed E-state index contributed by atoms with van der Waals surface area (Å²) in [7, 11) is 0. The summed E-state index contributed by atoms with van der Waals surface area (Å²) in [4.78, 5) is 19.8. The Labute approximate surface area is 200 Å². The van der Waals surface area contributed by atoms with E-state index in [1.54, 1.807) is 0 Å². The summed E-state index contributed by atoms with van der Waals surface area (Å²) < 4.78 is 0. The van der Waals surface area contributed by atoms with Gasteiger partial charge in [-0.05, 0) is 45.1 Å². The fourth-order valence-electron chi connectivity index (χ4n) is 4.74. The summed E-state index contributed by atoms with van der Waals surface area (Å²) >= 11 is 0. The van der Waals surface area contributed by atoms with Gasteiger partial charge in [-0.25, -0.2) is 0 Å². The fraction of sp³-hybridized carbons (Fsp3) is 0.818. The second kappa shape index (κ2) is 13.5. The normalized spacial score (nSPS) is 19.5. The Bertz CT molecular complexity index is 598. The van der Waals surface area contributed by atoms with Crippen molar-refractivity contribution in [1.29, 1.82) is 0 Å². The van der Waals surface area contributed by atoms with E-state index in [1.165, 1.54) is 45.1 Å². The highest BCUT2D eigenvalue weighted by molar-refractivity contribution is 5.85. The van der Waals surface area contributed by atoms with Gasteiger partial charge in [-0.1, -0.05) is 12.8 Å². The van der Waals surface area contributed by atoms with E-state index in [2.05, 4.69) is 25.7 Å². The molecule has 0 unspecified atom stereocenters.